The summed E-state index contributed by atoms with van der Waals surface area (Å²) in [6.07, 6.45) is 1.45. The third-order valence-electron chi connectivity index (χ3n) is 3.41. The molecule has 0 unspecified atom stereocenters. The highest BCUT2D eigenvalue weighted by atomic mass is 16.5. The van der Waals surface area contributed by atoms with Crippen molar-refractivity contribution in [2.24, 2.45) is 10.7 Å². The minimum atomic E-state index is 0.194. The second kappa shape index (κ2) is 9.04. The topological polar surface area (TPSA) is 109 Å². The summed E-state index contributed by atoms with van der Waals surface area (Å²) in [5.74, 6) is 2.14. The van der Waals surface area contributed by atoms with Crippen molar-refractivity contribution in [2.45, 2.75) is 6.92 Å². The number of nitrogens with one attached hydrogen (secondary N) is 3. The zero-order valence-electron chi connectivity index (χ0n) is 14.9. The Kier molecular flexibility index (Phi) is 6.03. The van der Waals surface area contributed by atoms with Crippen molar-refractivity contribution in [3.63, 3.8) is 0 Å². The molecule has 0 saturated heterocycles. The van der Waals surface area contributed by atoms with Gasteiger partial charge in [-0.3, -0.25) is 10.9 Å². The number of hydrogen-bond acceptors (Lipinski definition) is 6. The van der Waals surface area contributed by atoms with Crippen molar-refractivity contribution in [3.8, 4) is 5.75 Å². The molecule has 0 bridgehead atoms. The molecule has 0 aliphatic heterocycles. The van der Waals surface area contributed by atoms with Crippen molar-refractivity contribution in [2.75, 3.05) is 17.3 Å². The maximum absolute atomic E-state index is 5.92. The number of aromatic nitrogens is 2. The van der Waals surface area contributed by atoms with E-state index in [1.54, 1.807) is 6.07 Å². The highest BCUT2D eigenvalue weighted by Crippen LogP contribution is 2.19. The fourth-order valence-electron chi connectivity index (χ4n) is 2.27. The van der Waals surface area contributed by atoms with Crippen LogP contribution in [0.2, 0.25) is 0 Å². The van der Waals surface area contributed by atoms with Crippen molar-refractivity contribution in [3.05, 3.63) is 67.0 Å². The summed E-state index contributed by atoms with van der Waals surface area (Å²) >= 11 is 0. The van der Waals surface area contributed by atoms with Crippen LogP contribution in [0.4, 0.5) is 23.0 Å². The standard InChI is InChI=1S/C19H21N7O/c1-2-27-16-10-6-9-15(11-16)24-19(20)26-25-18-12-17(21-13-22-18)23-14-7-4-3-5-8-14/h3-13H,2H2,1H3,(H3,20,24,26)(H2,21,22,23,25). The van der Waals surface area contributed by atoms with E-state index in [1.165, 1.54) is 6.33 Å². The van der Waals surface area contributed by atoms with E-state index in [9.17, 15) is 0 Å². The molecule has 0 amide bonds. The third-order valence-corrected chi connectivity index (χ3v) is 3.41. The summed E-state index contributed by atoms with van der Waals surface area (Å²) in [5, 5.41) is 3.20. The van der Waals surface area contributed by atoms with Crippen molar-refractivity contribution < 1.29 is 4.74 Å². The molecule has 3 rings (SSSR count). The predicted octanol–water partition coefficient (Wildman–Crippen LogP) is 3.18. The van der Waals surface area contributed by atoms with Crippen molar-refractivity contribution in [1.29, 1.82) is 0 Å². The van der Waals surface area contributed by atoms with Gasteiger partial charge in [0.25, 0.3) is 0 Å². The summed E-state index contributed by atoms with van der Waals surface area (Å²) in [7, 11) is 0. The van der Waals surface area contributed by atoms with Gasteiger partial charge in [-0.25, -0.2) is 15.0 Å². The average Bonchev–Trinajstić information content (AvgIpc) is 2.68. The average molecular weight is 363 g/mol. The molecule has 1 aromatic heterocycles. The molecule has 0 fully saturated rings. The summed E-state index contributed by atoms with van der Waals surface area (Å²) in [6.45, 7) is 2.52. The molecule has 2 aromatic carbocycles. The van der Waals surface area contributed by atoms with Crippen molar-refractivity contribution in [1.82, 2.24) is 15.4 Å². The van der Waals surface area contributed by atoms with Crippen LogP contribution in [0.25, 0.3) is 0 Å². The molecule has 8 nitrogen and oxygen atoms in total. The fourth-order valence-corrected chi connectivity index (χ4v) is 2.27. The first-order chi connectivity index (χ1) is 13.2. The fraction of sp³-hybridized carbons (Fsp3) is 0.105. The number of guanidine groups is 1. The van der Waals surface area contributed by atoms with Crippen LogP contribution in [0, 0.1) is 0 Å². The monoisotopic (exact) mass is 363 g/mol. The van der Waals surface area contributed by atoms with Crippen LogP contribution in [0.3, 0.4) is 0 Å². The number of para-hydroxylation sites is 1. The zero-order chi connectivity index (χ0) is 18.9. The molecule has 0 spiro atoms. The zero-order valence-corrected chi connectivity index (χ0v) is 14.9. The molecule has 0 radical (unpaired) electrons. The van der Waals surface area contributed by atoms with Gasteiger partial charge in [0.2, 0.25) is 5.96 Å². The number of rotatable bonds is 7. The minimum absolute atomic E-state index is 0.194. The van der Waals surface area contributed by atoms with E-state index < -0.39 is 0 Å². The van der Waals surface area contributed by atoms with E-state index in [0.29, 0.717) is 23.9 Å². The van der Waals surface area contributed by atoms with Crippen LogP contribution in [0.15, 0.2) is 72.0 Å². The molecule has 5 N–H and O–H groups in total. The quantitative estimate of drug-likeness (QED) is 0.290. The lowest BCUT2D eigenvalue weighted by Gasteiger charge is -2.10. The van der Waals surface area contributed by atoms with Crippen molar-refractivity contribution >= 4 is 29.0 Å². The van der Waals surface area contributed by atoms with Gasteiger partial charge in [0.05, 0.1) is 12.3 Å². The van der Waals surface area contributed by atoms with E-state index in [-0.39, 0.29) is 5.96 Å². The normalized spacial score (nSPS) is 10.9. The Morgan fingerprint density at radius 3 is 2.67 bits per heavy atom. The number of hydrogen-bond donors (Lipinski definition) is 4. The second-order valence-corrected chi connectivity index (χ2v) is 5.46. The summed E-state index contributed by atoms with van der Waals surface area (Å²) in [5.41, 5.74) is 13.2. The first-order valence-electron chi connectivity index (χ1n) is 8.46. The van der Waals surface area contributed by atoms with E-state index >= 15 is 0 Å². The van der Waals surface area contributed by atoms with Crippen LogP contribution in [0.5, 0.6) is 5.75 Å². The second-order valence-electron chi connectivity index (χ2n) is 5.46. The Labute approximate surface area is 157 Å². The smallest absolute Gasteiger partial charge is 0.212 e. The van der Waals surface area contributed by atoms with E-state index in [2.05, 4.69) is 31.1 Å². The largest absolute Gasteiger partial charge is 0.494 e. The van der Waals surface area contributed by atoms with Gasteiger partial charge in [-0.15, -0.1) is 0 Å². The molecular weight excluding hydrogens is 342 g/mol. The number of anilines is 3. The summed E-state index contributed by atoms with van der Waals surface area (Å²) in [4.78, 5) is 12.6. The number of benzene rings is 2. The lowest BCUT2D eigenvalue weighted by Crippen LogP contribution is -2.36. The molecule has 0 atom stereocenters. The number of hydrazine groups is 1. The molecule has 27 heavy (non-hydrogen) atoms. The number of nitrogens with two attached hydrogens (primary N) is 1. The van der Waals surface area contributed by atoms with E-state index in [0.717, 1.165) is 11.4 Å². The maximum Gasteiger partial charge on any atom is 0.212 e. The lowest BCUT2D eigenvalue weighted by molar-refractivity contribution is 0.340. The molecule has 0 saturated carbocycles. The molecule has 1 heterocycles. The Hall–Kier alpha value is -3.81. The van der Waals surface area contributed by atoms with E-state index in [1.807, 2.05) is 61.5 Å². The van der Waals surface area contributed by atoms with Crippen LogP contribution in [-0.2, 0) is 0 Å². The van der Waals surface area contributed by atoms with Gasteiger partial charge in [0.15, 0.2) is 0 Å². The third kappa shape index (κ3) is 5.60. The first-order valence-corrected chi connectivity index (χ1v) is 8.46. The summed E-state index contributed by atoms with van der Waals surface area (Å²) in [6, 6.07) is 18.9. The highest BCUT2D eigenvalue weighted by molar-refractivity contribution is 5.82. The Morgan fingerprint density at radius 1 is 1.04 bits per heavy atom. The highest BCUT2D eigenvalue weighted by Gasteiger charge is 2.01. The van der Waals surface area contributed by atoms with Crippen LogP contribution in [0.1, 0.15) is 6.92 Å². The van der Waals surface area contributed by atoms with Crippen LogP contribution < -0.4 is 26.6 Å². The van der Waals surface area contributed by atoms with Gasteiger partial charge in [-0.05, 0) is 31.2 Å². The number of ether oxygens (including phenoxy) is 1. The number of nitrogens with zero attached hydrogens (tertiary/aromatic N) is 3. The molecular formula is C19H21N7O. The molecule has 0 aliphatic rings. The van der Waals surface area contributed by atoms with Gasteiger partial charge >= 0.3 is 0 Å². The van der Waals surface area contributed by atoms with Gasteiger partial charge < -0.3 is 15.8 Å². The van der Waals surface area contributed by atoms with Gasteiger partial charge in [-0.1, -0.05) is 24.3 Å². The predicted molar refractivity (Wildman–Crippen MR) is 107 cm³/mol. The maximum atomic E-state index is 5.92. The van der Waals surface area contributed by atoms with Gasteiger partial charge in [0.1, 0.15) is 23.7 Å². The lowest BCUT2D eigenvalue weighted by atomic mass is 10.3. The molecule has 3 aromatic rings. The summed E-state index contributed by atoms with van der Waals surface area (Å²) < 4.78 is 5.45. The molecule has 8 heteroatoms. The first kappa shape index (κ1) is 18.0. The Balaban J connectivity index is 1.61. The number of aliphatic imine (C=N–C) groups is 1. The van der Waals surface area contributed by atoms with Crippen LogP contribution in [-0.4, -0.2) is 22.5 Å². The van der Waals surface area contributed by atoms with Gasteiger partial charge in [-0.2, -0.15) is 0 Å². The minimum Gasteiger partial charge on any atom is -0.494 e. The molecule has 0 aliphatic carbocycles. The SMILES string of the molecule is CCOc1cccc(N=C(N)NNc2cc(Nc3ccccc3)ncn2)c1. The van der Waals surface area contributed by atoms with Crippen LogP contribution >= 0.6 is 0 Å². The molecule has 138 valence electrons. The Bertz CT molecular complexity index is 899. The Morgan fingerprint density at radius 2 is 1.85 bits per heavy atom. The van der Waals surface area contributed by atoms with Gasteiger partial charge in [0, 0.05) is 17.8 Å². The van der Waals surface area contributed by atoms with E-state index in [4.69, 9.17) is 10.5 Å².